The van der Waals surface area contributed by atoms with Gasteiger partial charge < -0.3 is 0 Å². The fourth-order valence-electron chi connectivity index (χ4n) is 0.669. The van der Waals surface area contributed by atoms with Crippen LogP contribution in [-0.2, 0) is 14.3 Å². The van der Waals surface area contributed by atoms with Crippen LogP contribution in [-0.4, -0.2) is 13.9 Å². The molecule has 1 unspecified atom stereocenters. The van der Waals surface area contributed by atoms with E-state index in [4.69, 9.17) is 0 Å². The van der Waals surface area contributed by atoms with Crippen LogP contribution in [0.15, 0.2) is 0 Å². The van der Waals surface area contributed by atoms with E-state index in [-0.39, 0.29) is 0 Å². The molecule has 1 aliphatic heterocycles. The molecule has 0 aromatic rings. The van der Waals surface area contributed by atoms with Crippen LogP contribution in [0, 0.1) is 5.92 Å². The van der Waals surface area contributed by atoms with E-state index in [0.717, 1.165) is 0 Å². The first-order chi connectivity index (χ1) is 4.02. The van der Waals surface area contributed by atoms with Crippen molar-refractivity contribution in [1.29, 1.82) is 0 Å². The van der Waals surface area contributed by atoms with Crippen LogP contribution < -0.4 is 0 Å². The lowest BCUT2D eigenvalue weighted by Crippen LogP contribution is -1.94. The van der Waals surface area contributed by atoms with Gasteiger partial charge in [0.05, 0.1) is 0 Å². The smallest absolute Gasteiger partial charge is 0.246 e. The second-order valence-corrected chi connectivity index (χ2v) is 4.35. The highest BCUT2D eigenvalue weighted by Gasteiger charge is 2.45. The Morgan fingerprint density at radius 3 is 2.11 bits per heavy atom. The molecule has 9 heavy (non-hydrogen) atoms. The van der Waals surface area contributed by atoms with Gasteiger partial charge in [-0.25, -0.2) is 4.18 Å². The van der Waals surface area contributed by atoms with E-state index in [1.165, 1.54) is 0 Å². The van der Waals surface area contributed by atoms with E-state index in [0.29, 0.717) is 12.3 Å². The maximum Gasteiger partial charge on any atom is 0.297 e. The third-order valence-electron chi connectivity index (χ3n) is 1.19. The Hall–Kier alpha value is -0.0900. The third-order valence-corrected chi connectivity index (χ3v) is 2.43. The van der Waals surface area contributed by atoms with Crippen LogP contribution in [0.2, 0.25) is 0 Å². The molecule has 0 radical (unpaired) electrons. The fraction of sp³-hybridized carbons (Fsp3) is 1.00. The minimum Gasteiger partial charge on any atom is -0.246 e. The minimum absolute atomic E-state index is 0.396. The van der Waals surface area contributed by atoms with Crippen LogP contribution in [0.1, 0.15) is 20.3 Å². The minimum atomic E-state index is -3.05. The molecule has 1 aliphatic rings. The second-order valence-electron chi connectivity index (χ2n) is 2.65. The monoisotopic (exact) mass is 150 g/mol. The van der Waals surface area contributed by atoms with Gasteiger partial charge in [0.2, 0.25) is 5.44 Å². The Morgan fingerprint density at radius 2 is 2.00 bits per heavy atom. The van der Waals surface area contributed by atoms with Gasteiger partial charge in [-0.1, -0.05) is 13.8 Å². The zero-order valence-corrected chi connectivity index (χ0v) is 6.31. The molecule has 1 saturated heterocycles. The zero-order chi connectivity index (χ0) is 7.07. The predicted octanol–water partition coefficient (Wildman–Crippen LogP) is 0.719. The number of rotatable bonds is 2. The van der Waals surface area contributed by atoms with E-state index in [2.05, 4.69) is 4.18 Å². The van der Waals surface area contributed by atoms with Gasteiger partial charge in [-0.05, 0) is 12.3 Å². The first kappa shape index (κ1) is 7.02. The summed E-state index contributed by atoms with van der Waals surface area (Å²) in [5.41, 5.74) is -0.488. The van der Waals surface area contributed by atoms with Crippen molar-refractivity contribution in [2.24, 2.45) is 5.92 Å². The third kappa shape index (κ3) is 1.66. The second kappa shape index (κ2) is 1.95. The first-order valence-corrected chi connectivity index (χ1v) is 4.41. The van der Waals surface area contributed by atoms with Gasteiger partial charge in [0.25, 0.3) is 10.1 Å². The summed E-state index contributed by atoms with van der Waals surface area (Å²) in [5, 5.41) is 0. The van der Waals surface area contributed by atoms with Crippen molar-refractivity contribution >= 4 is 10.1 Å². The number of hydrogen-bond acceptors (Lipinski definition) is 3. The first-order valence-electron chi connectivity index (χ1n) is 2.94. The quantitative estimate of drug-likeness (QED) is 0.545. The summed E-state index contributed by atoms with van der Waals surface area (Å²) in [7, 11) is -3.05. The van der Waals surface area contributed by atoms with E-state index in [9.17, 15) is 8.42 Å². The molecule has 54 valence electrons. The fourth-order valence-corrected chi connectivity index (χ4v) is 1.81. The molecule has 0 aromatic carbocycles. The molecule has 0 N–H and O–H groups in total. The molecule has 1 heterocycles. The highest BCUT2D eigenvalue weighted by atomic mass is 32.2. The Labute approximate surface area is 55.1 Å². The van der Waals surface area contributed by atoms with Gasteiger partial charge in [-0.2, -0.15) is 8.42 Å². The molecule has 1 atom stereocenters. The summed E-state index contributed by atoms with van der Waals surface area (Å²) >= 11 is 0. The molecule has 0 saturated carbocycles. The molecular formula is C5H10O3S. The van der Waals surface area contributed by atoms with Crippen LogP contribution in [0.25, 0.3) is 0 Å². The molecule has 0 spiro atoms. The Bertz CT molecular complexity index is 192. The van der Waals surface area contributed by atoms with Crippen molar-refractivity contribution in [3.8, 4) is 0 Å². The van der Waals surface area contributed by atoms with Crippen molar-refractivity contribution in [2.75, 3.05) is 0 Å². The van der Waals surface area contributed by atoms with Gasteiger partial charge in [0.15, 0.2) is 0 Å². The lowest BCUT2D eigenvalue weighted by atomic mass is 10.1. The van der Waals surface area contributed by atoms with E-state index >= 15 is 0 Å². The lowest BCUT2D eigenvalue weighted by molar-refractivity contribution is 0.392. The predicted molar refractivity (Wildman–Crippen MR) is 33.2 cm³/mol. The molecule has 0 bridgehead atoms. The van der Waals surface area contributed by atoms with Gasteiger partial charge in [-0.15, -0.1) is 0 Å². The van der Waals surface area contributed by atoms with Crippen LogP contribution >= 0.6 is 0 Å². The molecule has 0 aliphatic carbocycles. The SMILES string of the molecule is CC(C)CC1OS1(=O)=O. The summed E-state index contributed by atoms with van der Waals surface area (Å²) in [4.78, 5) is 0. The van der Waals surface area contributed by atoms with Gasteiger partial charge in [0.1, 0.15) is 0 Å². The largest absolute Gasteiger partial charge is 0.297 e. The number of hydrogen-bond donors (Lipinski definition) is 0. The molecule has 4 heteroatoms. The highest BCUT2D eigenvalue weighted by Crippen LogP contribution is 2.29. The normalized spacial score (nSPS) is 30.8. The average Bonchev–Trinajstić information content (AvgIpc) is 2.10. The summed E-state index contributed by atoms with van der Waals surface area (Å²) in [6, 6.07) is 0. The van der Waals surface area contributed by atoms with E-state index in [1.807, 2.05) is 13.8 Å². The van der Waals surface area contributed by atoms with Crippen molar-refractivity contribution in [3.63, 3.8) is 0 Å². The molecule has 0 amide bonds. The van der Waals surface area contributed by atoms with Crippen LogP contribution in [0.5, 0.6) is 0 Å². The Morgan fingerprint density at radius 1 is 1.56 bits per heavy atom. The summed E-state index contributed by atoms with van der Waals surface area (Å²) in [6.07, 6.45) is 0.627. The highest BCUT2D eigenvalue weighted by molar-refractivity contribution is 7.92. The molecule has 1 fully saturated rings. The van der Waals surface area contributed by atoms with Crippen molar-refractivity contribution in [3.05, 3.63) is 0 Å². The topological polar surface area (TPSA) is 46.7 Å². The summed E-state index contributed by atoms with van der Waals surface area (Å²) in [5.74, 6) is 0.396. The Kier molecular flexibility index (Phi) is 1.52. The Balaban J connectivity index is 2.37. The van der Waals surface area contributed by atoms with Gasteiger partial charge in [0, 0.05) is 0 Å². The zero-order valence-electron chi connectivity index (χ0n) is 5.49. The molecule has 0 aromatic heterocycles. The van der Waals surface area contributed by atoms with Gasteiger partial charge in [-0.3, -0.25) is 0 Å². The summed E-state index contributed by atoms with van der Waals surface area (Å²) < 4.78 is 25.2. The van der Waals surface area contributed by atoms with Crippen molar-refractivity contribution in [1.82, 2.24) is 0 Å². The molecule has 3 nitrogen and oxygen atoms in total. The van der Waals surface area contributed by atoms with Crippen LogP contribution in [0.3, 0.4) is 0 Å². The standard InChI is InChI=1S/C5H10O3S/c1-4(2)3-5-8-9(5,6)7/h4-5H,3H2,1-2H3. The van der Waals surface area contributed by atoms with Crippen molar-refractivity contribution in [2.45, 2.75) is 25.7 Å². The maximum absolute atomic E-state index is 10.4. The lowest BCUT2D eigenvalue weighted by Gasteiger charge is -1.94. The molecule has 1 rings (SSSR count). The van der Waals surface area contributed by atoms with Crippen LogP contribution in [0.4, 0.5) is 0 Å². The van der Waals surface area contributed by atoms with Gasteiger partial charge >= 0.3 is 0 Å². The van der Waals surface area contributed by atoms with Crippen molar-refractivity contribution < 1.29 is 12.6 Å². The summed E-state index contributed by atoms with van der Waals surface area (Å²) in [6.45, 7) is 3.94. The maximum atomic E-state index is 10.4. The van der Waals surface area contributed by atoms with E-state index in [1.54, 1.807) is 0 Å². The average molecular weight is 150 g/mol. The van der Waals surface area contributed by atoms with E-state index < -0.39 is 15.6 Å². The molecular weight excluding hydrogens is 140 g/mol.